The van der Waals surface area contributed by atoms with Crippen molar-refractivity contribution < 1.29 is 4.79 Å². The summed E-state index contributed by atoms with van der Waals surface area (Å²) in [7, 11) is 0. The first-order chi connectivity index (χ1) is 10.3. The Balaban J connectivity index is 0.00000176. The van der Waals surface area contributed by atoms with Crippen molar-refractivity contribution in [2.24, 2.45) is 0 Å². The highest BCUT2D eigenvalue weighted by molar-refractivity contribution is 8.00. The fourth-order valence-electron chi connectivity index (χ4n) is 3.12. The molecule has 1 aliphatic carbocycles. The molecule has 0 aromatic heterocycles. The van der Waals surface area contributed by atoms with Crippen molar-refractivity contribution in [3.8, 4) is 0 Å². The summed E-state index contributed by atoms with van der Waals surface area (Å²) in [4.78, 5) is 13.5. The van der Waals surface area contributed by atoms with Crippen molar-refractivity contribution in [2.45, 2.75) is 61.1 Å². The summed E-state index contributed by atoms with van der Waals surface area (Å²) in [5.41, 5.74) is 0.906. The Morgan fingerprint density at radius 1 is 1.05 bits per heavy atom. The first-order valence-corrected chi connectivity index (χ1v) is 9.00. The van der Waals surface area contributed by atoms with E-state index in [9.17, 15) is 4.79 Å². The van der Waals surface area contributed by atoms with Gasteiger partial charge in [-0.1, -0.05) is 19.3 Å². The van der Waals surface area contributed by atoms with Gasteiger partial charge >= 0.3 is 0 Å². The van der Waals surface area contributed by atoms with Gasteiger partial charge in [-0.3, -0.25) is 4.79 Å². The molecule has 122 valence electrons. The van der Waals surface area contributed by atoms with Gasteiger partial charge in [-0.05, 0) is 56.5 Å². The summed E-state index contributed by atoms with van der Waals surface area (Å²) >= 11 is 1.98. The molecule has 5 heteroatoms. The predicted molar refractivity (Wildman–Crippen MR) is 96.1 cm³/mol. The first-order valence-electron chi connectivity index (χ1n) is 8.12. The third kappa shape index (κ3) is 4.90. The van der Waals surface area contributed by atoms with Crippen LogP contribution < -0.4 is 10.6 Å². The second-order valence-corrected chi connectivity index (χ2v) is 7.41. The van der Waals surface area contributed by atoms with Crippen LogP contribution in [0.4, 0.5) is 5.69 Å². The van der Waals surface area contributed by atoms with E-state index in [0.29, 0.717) is 0 Å². The zero-order valence-electron chi connectivity index (χ0n) is 12.8. The Kier molecular flexibility index (Phi) is 7.06. The van der Waals surface area contributed by atoms with Crippen LogP contribution in [0.1, 0.15) is 44.9 Å². The van der Waals surface area contributed by atoms with E-state index in [2.05, 4.69) is 22.8 Å². The van der Waals surface area contributed by atoms with Crippen LogP contribution in [0.5, 0.6) is 0 Å². The maximum atomic E-state index is 12.2. The number of thioether (sulfide) groups is 1. The van der Waals surface area contributed by atoms with E-state index < -0.39 is 0 Å². The van der Waals surface area contributed by atoms with E-state index in [1.54, 1.807) is 0 Å². The van der Waals surface area contributed by atoms with E-state index in [4.69, 9.17) is 0 Å². The van der Waals surface area contributed by atoms with E-state index in [-0.39, 0.29) is 24.4 Å². The standard InChI is InChI=1S/C17H24N2OS.ClH/c20-17(16-7-3-4-12-18-16)19-13-8-10-15(11-9-13)21-14-5-1-2-6-14;/h8-11,14,16,18H,1-7,12H2,(H,19,20);1H/t16-;/m1./s1. The van der Waals surface area contributed by atoms with Gasteiger partial charge in [0.05, 0.1) is 6.04 Å². The number of halogens is 1. The first kappa shape index (κ1) is 17.6. The summed E-state index contributed by atoms with van der Waals surface area (Å²) in [5, 5.41) is 7.09. The Labute approximate surface area is 143 Å². The topological polar surface area (TPSA) is 41.1 Å². The summed E-state index contributed by atoms with van der Waals surface area (Å²) in [5.74, 6) is 0.103. The monoisotopic (exact) mass is 340 g/mol. The number of benzene rings is 1. The minimum atomic E-state index is -0.0220. The van der Waals surface area contributed by atoms with Gasteiger partial charge in [0.15, 0.2) is 0 Å². The molecule has 1 heterocycles. The Bertz CT molecular complexity index is 468. The van der Waals surface area contributed by atoms with E-state index in [1.807, 2.05) is 23.9 Å². The molecule has 1 aromatic rings. The fraction of sp³-hybridized carbons (Fsp3) is 0.588. The van der Waals surface area contributed by atoms with E-state index in [0.717, 1.165) is 30.3 Å². The third-order valence-electron chi connectivity index (χ3n) is 4.35. The molecule has 1 amide bonds. The number of nitrogens with one attached hydrogen (secondary N) is 2. The molecule has 3 rings (SSSR count). The maximum absolute atomic E-state index is 12.2. The molecule has 1 aromatic carbocycles. The van der Waals surface area contributed by atoms with Crippen molar-refractivity contribution in [1.29, 1.82) is 0 Å². The molecule has 0 spiro atoms. The number of hydrogen-bond donors (Lipinski definition) is 2. The van der Waals surface area contributed by atoms with Gasteiger partial charge in [-0.25, -0.2) is 0 Å². The van der Waals surface area contributed by atoms with Crippen LogP contribution in [0, 0.1) is 0 Å². The van der Waals surface area contributed by atoms with Crippen molar-refractivity contribution >= 4 is 35.8 Å². The minimum absolute atomic E-state index is 0. The Morgan fingerprint density at radius 3 is 2.36 bits per heavy atom. The third-order valence-corrected chi connectivity index (χ3v) is 5.70. The fourth-order valence-corrected chi connectivity index (χ4v) is 4.37. The van der Waals surface area contributed by atoms with Crippen molar-refractivity contribution in [2.75, 3.05) is 11.9 Å². The molecule has 1 saturated heterocycles. The molecule has 2 fully saturated rings. The summed E-state index contributed by atoms with van der Waals surface area (Å²) in [6, 6.07) is 8.29. The molecule has 1 saturated carbocycles. The average Bonchev–Trinajstić information content (AvgIpc) is 3.03. The number of anilines is 1. The number of carbonyl (C=O) groups is 1. The summed E-state index contributed by atoms with van der Waals surface area (Å²) < 4.78 is 0. The van der Waals surface area contributed by atoms with Crippen LogP contribution in [-0.2, 0) is 4.79 Å². The van der Waals surface area contributed by atoms with Gasteiger partial charge in [-0.2, -0.15) is 0 Å². The molecule has 2 N–H and O–H groups in total. The summed E-state index contributed by atoms with van der Waals surface area (Å²) in [6.07, 6.45) is 8.70. The van der Waals surface area contributed by atoms with Crippen LogP contribution >= 0.6 is 24.2 Å². The quantitative estimate of drug-likeness (QED) is 0.862. The molecule has 0 bridgehead atoms. The lowest BCUT2D eigenvalue weighted by Gasteiger charge is -2.22. The lowest BCUT2D eigenvalue weighted by atomic mass is 10.0. The smallest absolute Gasteiger partial charge is 0.241 e. The minimum Gasteiger partial charge on any atom is -0.325 e. The largest absolute Gasteiger partial charge is 0.325 e. The van der Waals surface area contributed by atoms with E-state index in [1.165, 1.54) is 37.0 Å². The molecule has 1 atom stereocenters. The molecule has 1 aliphatic heterocycles. The molecule has 2 aliphatic rings. The van der Waals surface area contributed by atoms with Crippen LogP contribution in [0.3, 0.4) is 0 Å². The Hall–Kier alpha value is -0.710. The molecular weight excluding hydrogens is 316 g/mol. The van der Waals surface area contributed by atoms with Crippen LogP contribution in [0.2, 0.25) is 0 Å². The van der Waals surface area contributed by atoms with Crippen LogP contribution in [-0.4, -0.2) is 23.7 Å². The molecule has 0 radical (unpaired) electrons. The van der Waals surface area contributed by atoms with E-state index >= 15 is 0 Å². The van der Waals surface area contributed by atoms with Crippen LogP contribution in [0.25, 0.3) is 0 Å². The lowest BCUT2D eigenvalue weighted by Crippen LogP contribution is -2.43. The lowest BCUT2D eigenvalue weighted by molar-refractivity contribution is -0.118. The van der Waals surface area contributed by atoms with Gasteiger partial charge in [0.1, 0.15) is 0 Å². The predicted octanol–water partition coefficient (Wildman–Crippen LogP) is 4.22. The number of amides is 1. The molecule has 0 unspecified atom stereocenters. The number of carbonyl (C=O) groups excluding carboxylic acids is 1. The van der Waals surface area contributed by atoms with Gasteiger partial charge in [0.2, 0.25) is 5.91 Å². The normalized spacial score (nSPS) is 22.1. The van der Waals surface area contributed by atoms with Crippen molar-refractivity contribution in [3.05, 3.63) is 24.3 Å². The SMILES string of the molecule is Cl.O=C(Nc1ccc(SC2CCCC2)cc1)[C@H]1CCCCN1. The maximum Gasteiger partial charge on any atom is 0.241 e. The number of piperidine rings is 1. The highest BCUT2D eigenvalue weighted by atomic mass is 35.5. The summed E-state index contributed by atoms with van der Waals surface area (Å²) in [6.45, 7) is 0.953. The number of rotatable bonds is 4. The molecule has 3 nitrogen and oxygen atoms in total. The zero-order chi connectivity index (χ0) is 14.5. The van der Waals surface area contributed by atoms with Gasteiger partial charge in [0, 0.05) is 15.8 Å². The van der Waals surface area contributed by atoms with Crippen molar-refractivity contribution in [3.63, 3.8) is 0 Å². The second-order valence-electron chi connectivity index (χ2n) is 6.04. The van der Waals surface area contributed by atoms with Gasteiger partial charge in [0.25, 0.3) is 0 Å². The number of hydrogen-bond acceptors (Lipinski definition) is 3. The van der Waals surface area contributed by atoms with Crippen molar-refractivity contribution in [1.82, 2.24) is 5.32 Å². The highest BCUT2D eigenvalue weighted by Gasteiger charge is 2.20. The van der Waals surface area contributed by atoms with Crippen LogP contribution in [0.15, 0.2) is 29.2 Å². The molecule has 22 heavy (non-hydrogen) atoms. The second kappa shape index (κ2) is 8.80. The average molecular weight is 341 g/mol. The zero-order valence-corrected chi connectivity index (χ0v) is 14.5. The molecular formula is C17H25ClN2OS. The highest BCUT2D eigenvalue weighted by Crippen LogP contribution is 2.34. The van der Waals surface area contributed by atoms with Gasteiger partial charge in [-0.15, -0.1) is 24.2 Å². The van der Waals surface area contributed by atoms with Gasteiger partial charge < -0.3 is 10.6 Å². The Morgan fingerprint density at radius 2 is 1.73 bits per heavy atom.